The van der Waals surface area contributed by atoms with Gasteiger partial charge in [-0.25, -0.2) is 4.39 Å². The van der Waals surface area contributed by atoms with Gasteiger partial charge in [0, 0.05) is 6.07 Å². The van der Waals surface area contributed by atoms with Gasteiger partial charge in [0.2, 0.25) is 0 Å². The number of benzene rings is 2. The Kier molecular flexibility index (Phi) is 3.71. The van der Waals surface area contributed by atoms with Gasteiger partial charge in [0.1, 0.15) is 11.6 Å². The third kappa shape index (κ3) is 2.85. The average Bonchev–Trinajstić information content (AvgIpc) is 2.36. The van der Waals surface area contributed by atoms with Gasteiger partial charge in [0.15, 0.2) is 0 Å². The van der Waals surface area contributed by atoms with Crippen LogP contribution in [0.4, 0.5) is 15.8 Å². The Bertz CT molecular complexity index is 647. The lowest BCUT2D eigenvalue weighted by Gasteiger charge is -2.09. The van der Waals surface area contributed by atoms with Crippen LogP contribution in [-0.2, 0) is 0 Å². The maximum absolute atomic E-state index is 13.7. The summed E-state index contributed by atoms with van der Waals surface area (Å²) in [7, 11) is 0. The predicted molar refractivity (Wildman–Crippen MR) is 74.6 cm³/mol. The van der Waals surface area contributed by atoms with Gasteiger partial charge >= 0.3 is 0 Å². The molecular weight excluding hydrogens is 315 g/mol. The van der Waals surface area contributed by atoms with Crippen molar-refractivity contribution >= 4 is 33.2 Å². The smallest absolute Gasteiger partial charge is 0.258 e. The number of hydrogen-bond donors (Lipinski definition) is 3. The second-order valence-electron chi connectivity index (χ2n) is 3.83. The highest BCUT2D eigenvalue weighted by Gasteiger charge is 2.14. The maximum Gasteiger partial charge on any atom is 0.258 e. The third-order valence-corrected chi connectivity index (χ3v) is 3.09. The van der Waals surface area contributed by atoms with E-state index in [1.807, 2.05) is 0 Å². The zero-order chi connectivity index (χ0) is 14.0. The molecule has 4 nitrogen and oxygen atoms in total. The quantitative estimate of drug-likeness (QED) is 0.586. The Morgan fingerprint density at radius 1 is 1.32 bits per heavy atom. The lowest BCUT2D eigenvalue weighted by Crippen LogP contribution is -2.15. The number of nitrogens with one attached hydrogen (secondary N) is 1. The van der Waals surface area contributed by atoms with E-state index in [1.54, 1.807) is 6.07 Å². The summed E-state index contributed by atoms with van der Waals surface area (Å²) in [4.78, 5) is 11.9. The fraction of sp³-hybridized carbons (Fsp3) is 0. The molecule has 0 saturated heterocycles. The Hall–Kier alpha value is -2.08. The fourth-order valence-electron chi connectivity index (χ4n) is 1.53. The van der Waals surface area contributed by atoms with E-state index in [9.17, 15) is 14.3 Å². The molecule has 0 aliphatic rings. The number of phenols is 1. The number of carbonyl (C=O) groups excluding carboxylic acids is 1. The number of aromatic hydroxyl groups is 1. The first-order valence-corrected chi connectivity index (χ1v) is 6.12. The lowest BCUT2D eigenvalue weighted by molar-refractivity contribution is 0.102. The molecule has 0 aliphatic heterocycles. The summed E-state index contributed by atoms with van der Waals surface area (Å²) in [6.45, 7) is 0. The van der Waals surface area contributed by atoms with Crippen molar-refractivity contribution in [2.75, 3.05) is 11.1 Å². The fourth-order valence-corrected chi connectivity index (χ4v) is 1.90. The minimum atomic E-state index is -0.641. The van der Waals surface area contributed by atoms with Gasteiger partial charge in [-0.2, -0.15) is 0 Å². The van der Waals surface area contributed by atoms with Crippen molar-refractivity contribution in [3.05, 3.63) is 52.3 Å². The van der Waals surface area contributed by atoms with Crippen LogP contribution in [0, 0.1) is 5.82 Å². The highest BCUT2D eigenvalue weighted by molar-refractivity contribution is 9.10. The monoisotopic (exact) mass is 324 g/mol. The number of nitrogen functional groups attached to an aromatic ring is 1. The second-order valence-corrected chi connectivity index (χ2v) is 4.68. The Morgan fingerprint density at radius 3 is 2.74 bits per heavy atom. The molecule has 4 N–H and O–H groups in total. The van der Waals surface area contributed by atoms with Crippen molar-refractivity contribution in [3.8, 4) is 5.75 Å². The highest BCUT2D eigenvalue weighted by atomic mass is 79.9. The number of phenolic OH excluding ortho intramolecular Hbond substituents is 1. The van der Waals surface area contributed by atoms with Crippen LogP contribution in [0.25, 0.3) is 0 Å². The lowest BCUT2D eigenvalue weighted by atomic mass is 10.2. The van der Waals surface area contributed by atoms with Crippen molar-refractivity contribution < 1.29 is 14.3 Å². The predicted octanol–water partition coefficient (Wildman–Crippen LogP) is 3.13. The van der Waals surface area contributed by atoms with E-state index in [-0.39, 0.29) is 21.5 Å². The van der Waals surface area contributed by atoms with E-state index in [4.69, 9.17) is 5.73 Å². The van der Waals surface area contributed by atoms with E-state index in [2.05, 4.69) is 21.2 Å². The van der Waals surface area contributed by atoms with Crippen molar-refractivity contribution in [1.29, 1.82) is 0 Å². The summed E-state index contributed by atoms with van der Waals surface area (Å²) < 4.78 is 13.9. The number of anilines is 2. The molecule has 19 heavy (non-hydrogen) atoms. The summed E-state index contributed by atoms with van der Waals surface area (Å²) in [5, 5.41) is 11.7. The molecule has 1 amide bonds. The average molecular weight is 325 g/mol. The van der Waals surface area contributed by atoms with E-state index in [1.165, 1.54) is 30.3 Å². The summed E-state index contributed by atoms with van der Waals surface area (Å²) in [5.41, 5.74) is 6.05. The van der Waals surface area contributed by atoms with Gasteiger partial charge in [-0.15, -0.1) is 0 Å². The standard InChI is InChI=1S/C13H10BrFN2O2/c14-9-3-1-2-8(12(9)15)13(19)17-11-5-4-7(18)6-10(11)16/h1-6,18H,16H2,(H,17,19). The van der Waals surface area contributed by atoms with Gasteiger partial charge in [-0.05, 0) is 40.2 Å². The van der Waals surface area contributed by atoms with E-state index < -0.39 is 11.7 Å². The summed E-state index contributed by atoms with van der Waals surface area (Å²) in [5.74, 6) is -1.27. The molecule has 0 saturated carbocycles. The second kappa shape index (κ2) is 5.27. The van der Waals surface area contributed by atoms with E-state index >= 15 is 0 Å². The zero-order valence-corrected chi connectivity index (χ0v) is 11.2. The SMILES string of the molecule is Nc1cc(O)ccc1NC(=O)c1cccc(Br)c1F. The van der Waals surface area contributed by atoms with Crippen molar-refractivity contribution in [2.24, 2.45) is 0 Å². The first-order chi connectivity index (χ1) is 8.99. The number of hydrogen-bond acceptors (Lipinski definition) is 3. The van der Waals surface area contributed by atoms with Gasteiger partial charge in [0.25, 0.3) is 5.91 Å². The largest absolute Gasteiger partial charge is 0.508 e. The molecule has 0 radical (unpaired) electrons. The topological polar surface area (TPSA) is 75.3 Å². The molecule has 0 heterocycles. The first-order valence-electron chi connectivity index (χ1n) is 5.33. The first kappa shape index (κ1) is 13.4. The van der Waals surface area contributed by atoms with Gasteiger partial charge in [0.05, 0.1) is 21.4 Å². The zero-order valence-electron chi connectivity index (χ0n) is 9.65. The Balaban J connectivity index is 2.28. The molecule has 0 unspecified atom stereocenters. The molecule has 0 atom stereocenters. The van der Waals surface area contributed by atoms with E-state index in [0.29, 0.717) is 5.69 Å². The molecule has 98 valence electrons. The van der Waals surface area contributed by atoms with Crippen molar-refractivity contribution in [1.82, 2.24) is 0 Å². The normalized spacial score (nSPS) is 10.2. The van der Waals surface area contributed by atoms with Crippen LogP contribution < -0.4 is 11.1 Å². The summed E-state index contributed by atoms with van der Waals surface area (Å²) in [6, 6.07) is 8.55. The third-order valence-electron chi connectivity index (χ3n) is 2.48. The van der Waals surface area contributed by atoms with Crippen LogP contribution in [0.2, 0.25) is 0 Å². The number of carbonyl (C=O) groups is 1. The molecule has 2 rings (SSSR count). The molecular formula is C13H10BrFN2O2. The summed E-state index contributed by atoms with van der Waals surface area (Å²) >= 11 is 3.01. The van der Waals surface area contributed by atoms with Crippen molar-refractivity contribution in [3.63, 3.8) is 0 Å². The van der Waals surface area contributed by atoms with Crippen LogP contribution >= 0.6 is 15.9 Å². The summed E-state index contributed by atoms with van der Waals surface area (Å²) in [6.07, 6.45) is 0. The molecule has 0 fully saturated rings. The maximum atomic E-state index is 13.7. The van der Waals surface area contributed by atoms with Crippen molar-refractivity contribution in [2.45, 2.75) is 0 Å². The molecule has 0 aliphatic carbocycles. The minimum Gasteiger partial charge on any atom is -0.508 e. The number of amides is 1. The minimum absolute atomic E-state index is 0.0101. The van der Waals surface area contributed by atoms with Crippen LogP contribution in [0.5, 0.6) is 5.75 Å². The van der Waals surface area contributed by atoms with E-state index in [0.717, 1.165) is 0 Å². The molecule has 2 aromatic carbocycles. The van der Waals surface area contributed by atoms with Crippen LogP contribution in [0.15, 0.2) is 40.9 Å². The van der Waals surface area contributed by atoms with Crippen LogP contribution in [0.1, 0.15) is 10.4 Å². The van der Waals surface area contributed by atoms with Gasteiger partial charge < -0.3 is 16.2 Å². The molecule has 0 bridgehead atoms. The molecule has 0 spiro atoms. The molecule has 2 aromatic rings. The number of rotatable bonds is 2. The molecule has 0 aromatic heterocycles. The number of halogens is 2. The molecule has 6 heteroatoms. The Labute approximate surface area is 117 Å². The number of nitrogens with two attached hydrogens (primary N) is 1. The van der Waals surface area contributed by atoms with Crippen LogP contribution in [0.3, 0.4) is 0 Å². The van der Waals surface area contributed by atoms with Gasteiger partial charge in [-0.1, -0.05) is 6.07 Å². The Morgan fingerprint density at radius 2 is 2.05 bits per heavy atom. The highest BCUT2D eigenvalue weighted by Crippen LogP contribution is 2.25. The van der Waals surface area contributed by atoms with Crippen LogP contribution in [-0.4, -0.2) is 11.0 Å². The van der Waals surface area contributed by atoms with Gasteiger partial charge in [-0.3, -0.25) is 4.79 Å².